The maximum absolute atomic E-state index is 4.45. The van der Waals surface area contributed by atoms with Gasteiger partial charge < -0.3 is 5.32 Å². The van der Waals surface area contributed by atoms with Crippen molar-refractivity contribution in [3.05, 3.63) is 23.8 Å². The normalized spacial score (nSPS) is 26.9. The molecule has 1 aromatic rings. The number of hydrogen-bond donors (Lipinski definition) is 1. The predicted molar refractivity (Wildman–Crippen MR) is 64.1 cm³/mol. The molecule has 4 nitrogen and oxygen atoms in total. The average molecular weight is 220 g/mol. The molecule has 0 radical (unpaired) electrons. The quantitative estimate of drug-likeness (QED) is 0.806. The van der Waals surface area contributed by atoms with Gasteiger partial charge in [-0.15, -0.1) is 0 Å². The summed E-state index contributed by atoms with van der Waals surface area (Å²) in [7, 11) is 0. The van der Waals surface area contributed by atoms with Crippen LogP contribution in [0.2, 0.25) is 0 Å². The van der Waals surface area contributed by atoms with Gasteiger partial charge in [-0.25, -0.2) is 9.97 Å². The first-order chi connectivity index (χ1) is 7.65. The van der Waals surface area contributed by atoms with Crippen molar-refractivity contribution in [1.29, 1.82) is 0 Å². The summed E-state index contributed by atoms with van der Waals surface area (Å²) in [5.41, 5.74) is 1.12. The highest BCUT2D eigenvalue weighted by molar-refractivity contribution is 5.02. The highest BCUT2D eigenvalue weighted by Gasteiger charge is 2.22. The molecule has 0 aliphatic carbocycles. The molecule has 1 aliphatic heterocycles. The Morgan fingerprint density at radius 3 is 3.06 bits per heavy atom. The van der Waals surface area contributed by atoms with Gasteiger partial charge in [0.2, 0.25) is 0 Å². The van der Waals surface area contributed by atoms with Gasteiger partial charge in [0.1, 0.15) is 5.82 Å². The summed E-state index contributed by atoms with van der Waals surface area (Å²) in [5.74, 6) is 0.855. The third kappa shape index (κ3) is 2.77. The lowest BCUT2D eigenvalue weighted by atomic mass is 10.1. The number of rotatable bonds is 2. The van der Waals surface area contributed by atoms with Gasteiger partial charge in [0.05, 0.1) is 5.69 Å². The van der Waals surface area contributed by atoms with Crippen LogP contribution in [0.1, 0.15) is 25.4 Å². The van der Waals surface area contributed by atoms with Gasteiger partial charge in [0, 0.05) is 37.9 Å². The number of aromatic nitrogens is 2. The fraction of sp³-hybridized carbons (Fsp3) is 0.667. The molecule has 4 heteroatoms. The molecule has 2 heterocycles. The molecule has 2 rings (SSSR count). The topological polar surface area (TPSA) is 41.1 Å². The Kier molecular flexibility index (Phi) is 3.51. The smallest absolute Gasteiger partial charge is 0.125 e. The Balaban J connectivity index is 2.02. The molecule has 0 spiro atoms. The van der Waals surface area contributed by atoms with E-state index in [1.54, 1.807) is 0 Å². The Labute approximate surface area is 97.1 Å². The van der Waals surface area contributed by atoms with Crippen LogP contribution in [0.3, 0.4) is 0 Å². The van der Waals surface area contributed by atoms with E-state index in [1.165, 1.54) is 0 Å². The fourth-order valence-electron chi connectivity index (χ4n) is 2.12. The first-order valence-electron chi connectivity index (χ1n) is 5.91. The number of nitrogens with one attached hydrogen (secondary N) is 1. The number of aryl methyl sites for hydroxylation is 1. The molecule has 1 N–H and O–H groups in total. The van der Waals surface area contributed by atoms with E-state index in [1.807, 2.05) is 19.2 Å². The van der Waals surface area contributed by atoms with Crippen molar-refractivity contribution >= 4 is 0 Å². The summed E-state index contributed by atoms with van der Waals surface area (Å²) < 4.78 is 0. The van der Waals surface area contributed by atoms with Crippen LogP contribution in [0.25, 0.3) is 0 Å². The summed E-state index contributed by atoms with van der Waals surface area (Å²) in [4.78, 5) is 11.1. The van der Waals surface area contributed by atoms with Gasteiger partial charge in [-0.2, -0.15) is 0 Å². The summed E-state index contributed by atoms with van der Waals surface area (Å²) in [6, 6.07) is 3.15. The highest BCUT2D eigenvalue weighted by atomic mass is 15.2. The number of nitrogens with zero attached hydrogens (tertiary/aromatic N) is 3. The van der Waals surface area contributed by atoms with E-state index in [0.717, 1.165) is 31.2 Å². The van der Waals surface area contributed by atoms with Crippen LogP contribution < -0.4 is 5.32 Å². The van der Waals surface area contributed by atoms with E-state index in [2.05, 4.69) is 34.0 Å². The summed E-state index contributed by atoms with van der Waals surface area (Å²) in [6.07, 6.45) is 1.84. The minimum atomic E-state index is 0.569. The molecule has 1 aliphatic rings. The summed E-state index contributed by atoms with van der Waals surface area (Å²) >= 11 is 0. The zero-order valence-electron chi connectivity index (χ0n) is 10.3. The molecule has 0 saturated carbocycles. The average Bonchev–Trinajstić information content (AvgIpc) is 2.24. The van der Waals surface area contributed by atoms with Crippen molar-refractivity contribution < 1.29 is 0 Å². The van der Waals surface area contributed by atoms with Crippen LogP contribution in [0.4, 0.5) is 0 Å². The van der Waals surface area contributed by atoms with E-state index >= 15 is 0 Å². The molecule has 16 heavy (non-hydrogen) atoms. The first-order valence-corrected chi connectivity index (χ1v) is 5.91. The summed E-state index contributed by atoms with van der Waals surface area (Å²) in [6.45, 7) is 9.50. The van der Waals surface area contributed by atoms with E-state index in [-0.39, 0.29) is 0 Å². The predicted octanol–water partition coefficient (Wildman–Crippen LogP) is 0.967. The van der Waals surface area contributed by atoms with Crippen molar-refractivity contribution in [1.82, 2.24) is 20.2 Å². The number of piperazine rings is 1. The van der Waals surface area contributed by atoms with Crippen LogP contribution in [-0.2, 0) is 6.54 Å². The van der Waals surface area contributed by atoms with Crippen molar-refractivity contribution in [3.8, 4) is 0 Å². The molecule has 0 aromatic carbocycles. The van der Waals surface area contributed by atoms with Gasteiger partial charge in [-0.1, -0.05) is 0 Å². The van der Waals surface area contributed by atoms with Crippen LogP contribution in [0.5, 0.6) is 0 Å². The molecule has 1 saturated heterocycles. The van der Waals surface area contributed by atoms with Gasteiger partial charge in [0.25, 0.3) is 0 Å². The highest BCUT2D eigenvalue weighted by Crippen LogP contribution is 2.10. The van der Waals surface area contributed by atoms with Crippen LogP contribution in [0.15, 0.2) is 12.3 Å². The van der Waals surface area contributed by atoms with Crippen molar-refractivity contribution in [2.45, 2.75) is 39.4 Å². The van der Waals surface area contributed by atoms with Gasteiger partial charge in [-0.3, -0.25) is 4.90 Å². The van der Waals surface area contributed by atoms with Gasteiger partial charge in [0.15, 0.2) is 0 Å². The standard InChI is InChI=1S/C12H20N4/c1-9-7-16(10(2)6-14-9)8-12-4-5-13-11(3)15-12/h4-5,9-10,14H,6-8H2,1-3H3. The molecule has 1 aromatic heterocycles. The van der Waals surface area contributed by atoms with E-state index < -0.39 is 0 Å². The lowest BCUT2D eigenvalue weighted by Crippen LogP contribution is -2.53. The lowest BCUT2D eigenvalue weighted by Gasteiger charge is -2.37. The van der Waals surface area contributed by atoms with Crippen molar-refractivity contribution in [2.75, 3.05) is 13.1 Å². The largest absolute Gasteiger partial charge is 0.311 e. The zero-order valence-corrected chi connectivity index (χ0v) is 10.3. The Morgan fingerprint density at radius 2 is 2.31 bits per heavy atom. The van der Waals surface area contributed by atoms with Crippen LogP contribution >= 0.6 is 0 Å². The van der Waals surface area contributed by atoms with Crippen LogP contribution in [-0.4, -0.2) is 40.0 Å². The van der Waals surface area contributed by atoms with Gasteiger partial charge >= 0.3 is 0 Å². The van der Waals surface area contributed by atoms with Crippen LogP contribution in [0, 0.1) is 6.92 Å². The third-order valence-corrected chi connectivity index (χ3v) is 3.09. The zero-order chi connectivity index (χ0) is 11.5. The van der Waals surface area contributed by atoms with Crippen molar-refractivity contribution in [3.63, 3.8) is 0 Å². The molecular formula is C12H20N4. The van der Waals surface area contributed by atoms with Gasteiger partial charge in [-0.05, 0) is 26.8 Å². The maximum Gasteiger partial charge on any atom is 0.125 e. The molecule has 88 valence electrons. The SMILES string of the molecule is Cc1nccc(CN2CC(C)NCC2C)n1. The second-order valence-corrected chi connectivity index (χ2v) is 4.68. The Hall–Kier alpha value is -1.00. The minimum Gasteiger partial charge on any atom is -0.311 e. The van der Waals surface area contributed by atoms with E-state index in [0.29, 0.717) is 12.1 Å². The third-order valence-electron chi connectivity index (χ3n) is 3.09. The summed E-state index contributed by atoms with van der Waals surface area (Å²) in [5, 5.41) is 3.48. The molecule has 2 atom stereocenters. The maximum atomic E-state index is 4.45. The van der Waals surface area contributed by atoms with E-state index in [4.69, 9.17) is 0 Å². The monoisotopic (exact) mass is 220 g/mol. The second-order valence-electron chi connectivity index (χ2n) is 4.68. The Bertz CT molecular complexity index is 353. The lowest BCUT2D eigenvalue weighted by molar-refractivity contribution is 0.137. The fourth-order valence-corrected chi connectivity index (χ4v) is 2.12. The van der Waals surface area contributed by atoms with Crippen molar-refractivity contribution in [2.24, 2.45) is 0 Å². The number of hydrogen-bond acceptors (Lipinski definition) is 4. The molecule has 0 amide bonds. The second kappa shape index (κ2) is 4.89. The minimum absolute atomic E-state index is 0.569. The molecule has 1 fully saturated rings. The van der Waals surface area contributed by atoms with E-state index in [9.17, 15) is 0 Å². The molecular weight excluding hydrogens is 200 g/mol. The first kappa shape index (κ1) is 11.5. The Morgan fingerprint density at radius 1 is 1.50 bits per heavy atom. The molecule has 2 unspecified atom stereocenters. The molecule has 0 bridgehead atoms.